The first-order valence-corrected chi connectivity index (χ1v) is 9.03. The molecule has 23 heavy (non-hydrogen) atoms. The lowest BCUT2D eigenvalue weighted by atomic mass is 10.3. The number of halogens is 3. The van der Waals surface area contributed by atoms with Gasteiger partial charge in [-0.3, -0.25) is 9.52 Å². The molecule has 1 amide bonds. The number of anilines is 2. The van der Waals surface area contributed by atoms with Gasteiger partial charge < -0.3 is 5.32 Å². The van der Waals surface area contributed by atoms with Crippen LogP contribution in [0.25, 0.3) is 0 Å². The molecular weight excluding hydrogens is 383 g/mol. The molecule has 2 aromatic carbocycles. The van der Waals surface area contributed by atoms with Crippen LogP contribution in [0.1, 0.15) is 0 Å². The van der Waals surface area contributed by atoms with Gasteiger partial charge in [0.1, 0.15) is 5.88 Å². The molecule has 2 N–H and O–H groups in total. The molecule has 0 spiro atoms. The van der Waals surface area contributed by atoms with E-state index in [0.29, 0.717) is 10.7 Å². The Labute approximate surface area is 148 Å². The maximum absolute atomic E-state index is 12.4. The largest absolute Gasteiger partial charge is 0.324 e. The van der Waals surface area contributed by atoms with Crippen molar-refractivity contribution in [2.75, 3.05) is 15.9 Å². The van der Waals surface area contributed by atoms with Crippen LogP contribution in [0.2, 0.25) is 10.0 Å². The Hall–Kier alpha value is -1.47. The van der Waals surface area contributed by atoms with Crippen LogP contribution in [0.4, 0.5) is 11.4 Å². The summed E-state index contributed by atoms with van der Waals surface area (Å²) in [5.41, 5.74) is 0.477. The number of sulfonamides is 1. The molecule has 0 fully saturated rings. The Bertz CT molecular complexity index is 841. The lowest BCUT2D eigenvalue weighted by molar-refractivity contribution is -0.113. The van der Waals surface area contributed by atoms with Crippen LogP contribution in [0, 0.1) is 0 Å². The summed E-state index contributed by atoms with van der Waals surface area (Å²) >= 11 is 17.2. The van der Waals surface area contributed by atoms with Crippen molar-refractivity contribution in [3.05, 3.63) is 52.5 Å². The first kappa shape index (κ1) is 17.9. The molecule has 0 aromatic heterocycles. The Balaban J connectivity index is 2.32. The number of hydrogen-bond acceptors (Lipinski definition) is 3. The van der Waals surface area contributed by atoms with Gasteiger partial charge in [-0.2, -0.15) is 0 Å². The summed E-state index contributed by atoms with van der Waals surface area (Å²) in [7, 11) is -3.86. The van der Waals surface area contributed by atoms with E-state index in [9.17, 15) is 13.2 Å². The highest BCUT2D eigenvalue weighted by Crippen LogP contribution is 2.27. The average Bonchev–Trinajstić information content (AvgIpc) is 2.48. The zero-order valence-electron chi connectivity index (χ0n) is 11.5. The quantitative estimate of drug-likeness (QED) is 0.755. The number of amides is 1. The minimum atomic E-state index is -3.86. The van der Waals surface area contributed by atoms with Gasteiger partial charge in [0, 0.05) is 5.02 Å². The monoisotopic (exact) mass is 392 g/mol. The minimum Gasteiger partial charge on any atom is -0.324 e. The molecule has 0 bridgehead atoms. The van der Waals surface area contributed by atoms with Gasteiger partial charge in [-0.1, -0.05) is 29.3 Å². The maximum atomic E-state index is 12.4. The summed E-state index contributed by atoms with van der Waals surface area (Å²) in [5.74, 6) is -0.764. The minimum absolute atomic E-state index is 0.0632. The van der Waals surface area contributed by atoms with Gasteiger partial charge >= 0.3 is 0 Å². The van der Waals surface area contributed by atoms with Crippen molar-refractivity contribution in [3.8, 4) is 0 Å². The summed E-state index contributed by atoms with van der Waals surface area (Å²) < 4.78 is 27.2. The van der Waals surface area contributed by atoms with Crippen molar-refractivity contribution in [2.45, 2.75) is 4.90 Å². The number of carbonyl (C=O) groups is 1. The van der Waals surface area contributed by atoms with E-state index in [1.165, 1.54) is 24.3 Å². The fraction of sp³-hybridized carbons (Fsp3) is 0.0714. The molecule has 2 rings (SSSR count). The number of hydrogen-bond donors (Lipinski definition) is 2. The number of nitrogens with one attached hydrogen (secondary N) is 2. The first-order valence-electron chi connectivity index (χ1n) is 6.25. The Kier molecular flexibility index (Phi) is 5.75. The molecule has 0 radical (unpaired) electrons. The average molecular weight is 394 g/mol. The molecule has 9 heteroatoms. The van der Waals surface area contributed by atoms with Gasteiger partial charge in [0.15, 0.2) is 0 Å². The zero-order valence-corrected chi connectivity index (χ0v) is 14.6. The summed E-state index contributed by atoms with van der Waals surface area (Å²) in [6.07, 6.45) is 0. The van der Waals surface area contributed by atoms with E-state index in [1.807, 2.05) is 0 Å². The van der Waals surface area contributed by atoms with E-state index in [-0.39, 0.29) is 21.5 Å². The molecule has 0 saturated carbocycles. The summed E-state index contributed by atoms with van der Waals surface area (Å²) in [5, 5.41) is 3.03. The van der Waals surface area contributed by atoms with Crippen LogP contribution in [0.5, 0.6) is 0 Å². The van der Waals surface area contributed by atoms with Gasteiger partial charge in [0.2, 0.25) is 5.91 Å². The maximum Gasteiger partial charge on any atom is 0.261 e. The Morgan fingerprint density at radius 2 is 1.83 bits per heavy atom. The molecule has 0 aliphatic rings. The molecule has 0 heterocycles. The highest BCUT2D eigenvalue weighted by Gasteiger charge is 2.17. The smallest absolute Gasteiger partial charge is 0.261 e. The Morgan fingerprint density at radius 1 is 1.09 bits per heavy atom. The van der Waals surface area contributed by atoms with Crippen molar-refractivity contribution in [3.63, 3.8) is 0 Å². The predicted octanol–water partition coefficient (Wildman–Crippen LogP) is 3.97. The zero-order chi connectivity index (χ0) is 17.0. The van der Waals surface area contributed by atoms with E-state index >= 15 is 0 Å². The van der Waals surface area contributed by atoms with Gasteiger partial charge in [0.25, 0.3) is 10.0 Å². The van der Waals surface area contributed by atoms with E-state index in [1.54, 1.807) is 18.2 Å². The third kappa shape index (κ3) is 4.75. The van der Waals surface area contributed by atoms with Crippen molar-refractivity contribution < 1.29 is 13.2 Å². The SMILES string of the molecule is O=C(CCl)Nc1cc(S(=O)(=O)Nc2cccc(Cl)c2)ccc1Cl. The Morgan fingerprint density at radius 3 is 2.48 bits per heavy atom. The van der Waals surface area contributed by atoms with Gasteiger partial charge in [-0.05, 0) is 36.4 Å². The highest BCUT2D eigenvalue weighted by atomic mass is 35.5. The van der Waals surface area contributed by atoms with Crippen molar-refractivity contribution in [1.82, 2.24) is 0 Å². The van der Waals surface area contributed by atoms with Gasteiger partial charge in [-0.15, -0.1) is 11.6 Å². The van der Waals surface area contributed by atoms with E-state index in [2.05, 4.69) is 10.0 Å². The fourth-order valence-electron chi connectivity index (χ4n) is 1.72. The van der Waals surface area contributed by atoms with Crippen molar-refractivity contribution in [2.24, 2.45) is 0 Å². The summed E-state index contributed by atoms with van der Waals surface area (Å²) in [6, 6.07) is 10.2. The van der Waals surface area contributed by atoms with Crippen LogP contribution in [0.3, 0.4) is 0 Å². The van der Waals surface area contributed by atoms with Crippen LogP contribution in [-0.4, -0.2) is 20.2 Å². The topological polar surface area (TPSA) is 75.3 Å². The van der Waals surface area contributed by atoms with Crippen molar-refractivity contribution >= 4 is 62.1 Å². The molecular formula is C14H11Cl3N2O3S. The third-order valence-corrected chi connectivity index (χ3v) is 4.91. The fourth-order valence-corrected chi connectivity index (χ4v) is 3.21. The second kappa shape index (κ2) is 7.40. The number of rotatable bonds is 5. The molecule has 0 atom stereocenters. The summed E-state index contributed by atoms with van der Waals surface area (Å²) in [6.45, 7) is 0. The van der Waals surface area contributed by atoms with E-state index in [4.69, 9.17) is 34.8 Å². The second-order valence-electron chi connectivity index (χ2n) is 4.44. The standard InChI is InChI=1S/C14H11Cl3N2O3S/c15-8-14(20)18-13-7-11(4-5-12(13)17)23(21,22)19-10-3-1-2-9(16)6-10/h1-7,19H,8H2,(H,18,20). The van der Waals surface area contributed by atoms with Gasteiger partial charge in [-0.25, -0.2) is 8.42 Å². The lowest BCUT2D eigenvalue weighted by Gasteiger charge is -2.11. The number of alkyl halides is 1. The van der Waals surface area contributed by atoms with Crippen LogP contribution >= 0.6 is 34.8 Å². The lowest BCUT2D eigenvalue weighted by Crippen LogP contribution is -2.15. The molecule has 0 aliphatic heterocycles. The second-order valence-corrected chi connectivity index (χ2v) is 7.23. The molecule has 5 nitrogen and oxygen atoms in total. The normalized spacial score (nSPS) is 11.1. The number of carbonyl (C=O) groups excluding carboxylic acids is 1. The van der Waals surface area contributed by atoms with Crippen LogP contribution in [-0.2, 0) is 14.8 Å². The van der Waals surface area contributed by atoms with Crippen molar-refractivity contribution in [1.29, 1.82) is 0 Å². The van der Waals surface area contributed by atoms with Crippen LogP contribution in [0.15, 0.2) is 47.4 Å². The molecule has 122 valence electrons. The first-order chi connectivity index (χ1) is 10.8. The van der Waals surface area contributed by atoms with Gasteiger partial charge in [0.05, 0.1) is 21.3 Å². The molecule has 0 unspecified atom stereocenters. The predicted molar refractivity (Wildman–Crippen MR) is 93.1 cm³/mol. The van der Waals surface area contributed by atoms with E-state index < -0.39 is 15.9 Å². The number of benzene rings is 2. The summed E-state index contributed by atoms with van der Waals surface area (Å²) in [4.78, 5) is 11.3. The molecule has 0 saturated heterocycles. The third-order valence-electron chi connectivity index (χ3n) is 2.72. The highest BCUT2D eigenvalue weighted by molar-refractivity contribution is 7.92. The molecule has 0 aliphatic carbocycles. The van der Waals surface area contributed by atoms with Crippen LogP contribution < -0.4 is 10.0 Å². The molecule has 2 aromatic rings. The van der Waals surface area contributed by atoms with E-state index in [0.717, 1.165) is 0 Å².